The van der Waals surface area contributed by atoms with Gasteiger partial charge in [-0.1, -0.05) is 48.5 Å². The van der Waals surface area contributed by atoms with E-state index in [9.17, 15) is 19.8 Å². The number of aliphatic hydroxyl groups is 1. The van der Waals surface area contributed by atoms with Crippen LogP contribution in [0.3, 0.4) is 0 Å². The van der Waals surface area contributed by atoms with Gasteiger partial charge in [0, 0.05) is 12.1 Å². The highest BCUT2D eigenvalue weighted by atomic mass is 16.4. The average Bonchev–Trinajstić information content (AvgIpc) is 2.54. The van der Waals surface area contributed by atoms with Gasteiger partial charge in [0.05, 0.1) is 17.7 Å². The molecule has 2 aromatic carbocycles. The molecule has 2 rings (SSSR count). The van der Waals surface area contributed by atoms with Gasteiger partial charge in [-0.2, -0.15) is 0 Å². The number of carboxylic acid groups (broad SMARTS) is 1. The normalized spacial score (nSPS) is 10.9. The lowest BCUT2D eigenvalue weighted by atomic mass is 10.2. The van der Waals surface area contributed by atoms with Gasteiger partial charge < -0.3 is 25.6 Å². The highest BCUT2D eigenvalue weighted by molar-refractivity contribution is 6.04. The Morgan fingerprint density at radius 3 is 2.39 bits per heavy atom. The number of carbonyl (C=O) groups excluding carboxylic acids is 2. The Morgan fingerprint density at radius 2 is 1.70 bits per heavy atom. The molecule has 23 heavy (non-hydrogen) atoms. The van der Waals surface area contributed by atoms with Crippen LogP contribution in [-0.2, 0) is 11.3 Å². The van der Waals surface area contributed by atoms with Crippen molar-refractivity contribution < 1.29 is 19.8 Å². The zero-order valence-corrected chi connectivity index (χ0v) is 12.2. The smallest absolute Gasteiger partial charge is 0.253 e. The summed E-state index contributed by atoms with van der Waals surface area (Å²) in [5.74, 6) is -2.37. The van der Waals surface area contributed by atoms with Crippen LogP contribution in [-0.4, -0.2) is 17.0 Å². The maximum absolute atomic E-state index is 11.8. The van der Waals surface area contributed by atoms with E-state index in [-0.39, 0.29) is 17.1 Å². The first-order valence-electron chi connectivity index (χ1n) is 6.86. The predicted molar refractivity (Wildman–Crippen MR) is 83.4 cm³/mol. The minimum Gasteiger partial charge on any atom is -0.545 e. The van der Waals surface area contributed by atoms with E-state index in [1.165, 1.54) is 18.2 Å². The number of para-hydroxylation sites is 1. The van der Waals surface area contributed by atoms with Crippen molar-refractivity contribution >= 4 is 17.6 Å². The van der Waals surface area contributed by atoms with Crippen molar-refractivity contribution in [1.82, 2.24) is 5.32 Å². The number of hydrogen-bond donors (Lipinski definition) is 3. The molecule has 0 radical (unpaired) electrons. The number of rotatable bonds is 6. The summed E-state index contributed by atoms with van der Waals surface area (Å²) in [6, 6.07) is 15.2. The molecule has 0 bridgehead atoms. The van der Waals surface area contributed by atoms with Gasteiger partial charge in [-0.25, -0.2) is 0 Å². The number of carboxylic acids is 1. The largest absolute Gasteiger partial charge is 0.545 e. The van der Waals surface area contributed by atoms with Crippen LogP contribution < -0.4 is 15.7 Å². The summed E-state index contributed by atoms with van der Waals surface area (Å²) in [5.41, 5.74) is 0.908. The van der Waals surface area contributed by atoms with Crippen molar-refractivity contribution in [1.29, 1.82) is 0 Å². The Morgan fingerprint density at radius 1 is 1.04 bits per heavy atom. The molecule has 0 saturated carbocycles. The third-order valence-corrected chi connectivity index (χ3v) is 2.99. The van der Waals surface area contributed by atoms with Crippen LogP contribution in [0.2, 0.25) is 0 Å². The molecule has 0 fully saturated rings. The number of hydrogen-bond acceptors (Lipinski definition) is 5. The molecule has 0 saturated heterocycles. The number of carbonyl (C=O) groups is 2. The van der Waals surface area contributed by atoms with Gasteiger partial charge >= 0.3 is 0 Å². The fourth-order valence-corrected chi connectivity index (χ4v) is 1.90. The zero-order valence-electron chi connectivity index (χ0n) is 12.2. The lowest BCUT2D eigenvalue weighted by molar-refractivity contribution is -0.254. The molecule has 0 aromatic heterocycles. The maximum Gasteiger partial charge on any atom is 0.253 e. The van der Waals surface area contributed by atoms with E-state index in [0.29, 0.717) is 6.54 Å². The predicted octanol–water partition coefficient (Wildman–Crippen LogP) is 1.18. The molecular formula is C17H15N2O4-. The Hall–Kier alpha value is -3.28. The Balaban J connectivity index is 1.97. The molecule has 0 unspecified atom stereocenters. The SMILES string of the molecule is O=C(/C=C(/O)NCc1ccccc1)Nc1ccccc1C(=O)[O-]. The second-order valence-electron chi connectivity index (χ2n) is 4.69. The Labute approximate surface area is 133 Å². The van der Waals surface area contributed by atoms with E-state index in [4.69, 9.17) is 0 Å². The highest BCUT2D eigenvalue weighted by Crippen LogP contribution is 2.14. The third kappa shape index (κ3) is 4.89. The average molecular weight is 311 g/mol. The van der Waals surface area contributed by atoms with Gasteiger partial charge in [-0.3, -0.25) is 4.79 Å². The van der Waals surface area contributed by atoms with Crippen LogP contribution in [0.1, 0.15) is 15.9 Å². The van der Waals surface area contributed by atoms with Gasteiger partial charge in [0.25, 0.3) is 5.91 Å². The van der Waals surface area contributed by atoms with Gasteiger partial charge in [0.2, 0.25) is 0 Å². The second-order valence-corrected chi connectivity index (χ2v) is 4.69. The fraction of sp³-hybridized carbons (Fsp3) is 0.0588. The summed E-state index contributed by atoms with van der Waals surface area (Å²) in [6.45, 7) is 0.353. The summed E-state index contributed by atoms with van der Waals surface area (Å²) < 4.78 is 0. The molecule has 0 atom stereocenters. The van der Waals surface area contributed by atoms with Gasteiger partial charge in [-0.15, -0.1) is 0 Å². The van der Waals surface area contributed by atoms with Crippen LogP contribution in [0.15, 0.2) is 66.6 Å². The third-order valence-electron chi connectivity index (χ3n) is 2.99. The van der Waals surface area contributed by atoms with Gasteiger partial charge in [-0.05, 0) is 11.6 Å². The van der Waals surface area contributed by atoms with Crippen LogP contribution in [0.25, 0.3) is 0 Å². The van der Waals surface area contributed by atoms with Crippen molar-refractivity contribution in [2.24, 2.45) is 0 Å². The summed E-state index contributed by atoms with van der Waals surface area (Å²) in [7, 11) is 0. The number of nitrogens with one attached hydrogen (secondary N) is 2. The second kappa shape index (κ2) is 7.65. The number of aliphatic hydroxyl groups excluding tert-OH is 1. The molecule has 0 aliphatic rings. The van der Waals surface area contributed by atoms with E-state index in [1.54, 1.807) is 6.07 Å². The van der Waals surface area contributed by atoms with Crippen LogP contribution >= 0.6 is 0 Å². The monoisotopic (exact) mass is 311 g/mol. The van der Waals surface area contributed by atoms with E-state index in [1.807, 2.05) is 30.3 Å². The molecule has 0 aliphatic carbocycles. The summed E-state index contributed by atoms with van der Waals surface area (Å²) in [5, 5.41) is 25.7. The lowest BCUT2D eigenvalue weighted by Crippen LogP contribution is -2.24. The number of amides is 1. The molecule has 2 aromatic rings. The standard InChI is InChI=1S/C17H16N2O4/c20-15(18-11-12-6-2-1-3-7-12)10-16(21)19-14-9-5-4-8-13(14)17(22)23/h1-10,18,20H,11H2,(H,19,21)(H,22,23)/p-1/b15-10+. The van der Waals surface area contributed by atoms with Crippen molar-refractivity contribution in [2.75, 3.05) is 5.32 Å². The molecule has 1 amide bonds. The molecular weight excluding hydrogens is 296 g/mol. The van der Waals surface area contributed by atoms with Crippen molar-refractivity contribution in [3.63, 3.8) is 0 Å². The first-order valence-corrected chi connectivity index (χ1v) is 6.86. The first-order chi connectivity index (χ1) is 11.1. The van der Waals surface area contributed by atoms with Gasteiger partial charge in [0.1, 0.15) is 0 Å². The fourth-order valence-electron chi connectivity index (χ4n) is 1.90. The quantitative estimate of drug-likeness (QED) is 0.549. The van der Waals surface area contributed by atoms with Crippen molar-refractivity contribution in [3.05, 3.63) is 77.7 Å². The molecule has 0 heterocycles. The molecule has 6 heteroatoms. The maximum atomic E-state index is 11.8. The highest BCUT2D eigenvalue weighted by Gasteiger charge is 2.06. The first kappa shape index (κ1) is 16.1. The molecule has 3 N–H and O–H groups in total. The minimum atomic E-state index is -1.39. The minimum absolute atomic E-state index is 0.101. The topological polar surface area (TPSA) is 101 Å². The molecule has 6 nitrogen and oxygen atoms in total. The van der Waals surface area contributed by atoms with Crippen LogP contribution in [0.4, 0.5) is 5.69 Å². The van der Waals surface area contributed by atoms with E-state index >= 15 is 0 Å². The van der Waals surface area contributed by atoms with Crippen LogP contribution in [0, 0.1) is 0 Å². The number of anilines is 1. The zero-order chi connectivity index (χ0) is 16.7. The van der Waals surface area contributed by atoms with Gasteiger partial charge in [0.15, 0.2) is 5.88 Å². The Bertz CT molecular complexity index is 726. The molecule has 0 aliphatic heterocycles. The van der Waals surface area contributed by atoms with Crippen molar-refractivity contribution in [3.8, 4) is 0 Å². The summed E-state index contributed by atoms with van der Waals surface area (Å²) in [6.07, 6.45) is 0.939. The molecule has 118 valence electrons. The Kier molecular flexibility index (Phi) is 5.35. The summed E-state index contributed by atoms with van der Waals surface area (Å²) in [4.78, 5) is 22.8. The summed E-state index contributed by atoms with van der Waals surface area (Å²) >= 11 is 0. The lowest BCUT2D eigenvalue weighted by Gasteiger charge is -2.10. The number of benzene rings is 2. The van der Waals surface area contributed by atoms with Crippen molar-refractivity contribution in [2.45, 2.75) is 6.54 Å². The van der Waals surface area contributed by atoms with E-state index < -0.39 is 11.9 Å². The van der Waals surface area contributed by atoms with E-state index in [0.717, 1.165) is 11.6 Å². The number of aromatic carboxylic acids is 1. The van der Waals surface area contributed by atoms with Crippen LogP contribution in [0.5, 0.6) is 0 Å². The van der Waals surface area contributed by atoms with E-state index in [2.05, 4.69) is 10.6 Å². The molecule has 0 spiro atoms.